The molecule has 2 aromatic rings. The van der Waals surface area contributed by atoms with Crippen LogP contribution >= 0.6 is 15.9 Å². The standard InChI is InChI=1S/C15H17BrN2O2/c1-2-18-9-13(16)7-14(18)15(20)17-8-11-4-3-5-12(6-11)10-19/h3-7,9,19H,2,8,10H2,1H3,(H,17,20). The molecule has 1 amide bonds. The number of hydrogen-bond donors (Lipinski definition) is 2. The Hall–Kier alpha value is -1.59. The van der Waals surface area contributed by atoms with E-state index in [1.807, 2.05) is 48.0 Å². The predicted octanol–water partition coefficient (Wildman–Crippen LogP) is 2.69. The molecule has 0 radical (unpaired) electrons. The fraction of sp³-hybridized carbons (Fsp3) is 0.267. The fourth-order valence-corrected chi connectivity index (χ4v) is 2.50. The third kappa shape index (κ3) is 3.49. The molecule has 2 N–H and O–H groups in total. The molecular weight excluding hydrogens is 320 g/mol. The van der Waals surface area contributed by atoms with Gasteiger partial charge in [-0.3, -0.25) is 4.79 Å². The molecule has 20 heavy (non-hydrogen) atoms. The third-order valence-corrected chi connectivity index (χ3v) is 3.50. The maximum Gasteiger partial charge on any atom is 0.268 e. The zero-order valence-corrected chi connectivity index (χ0v) is 12.9. The van der Waals surface area contributed by atoms with E-state index in [2.05, 4.69) is 21.2 Å². The largest absolute Gasteiger partial charge is 0.392 e. The van der Waals surface area contributed by atoms with Crippen LogP contribution in [0.3, 0.4) is 0 Å². The summed E-state index contributed by atoms with van der Waals surface area (Å²) in [5, 5.41) is 12.0. The Labute approximate surface area is 126 Å². The van der Waals surface area contributed by atoms with E-state index in [0.29, 0.717) is 12.2 Å². The maximum absolute atomic E-state index is 12.2. The van der Waals surface area contributed by atoms with Crippen molar-refractivity contribution in [2.45, 2.75) is 26.6 Å². The van der Waals surface area contributed by atoms with Gasteiger partial charge in [0.05, 0.1) is 6.61 Å². The number of rotatable bonds is 5. The Kier molecular flexibility index (Phi) is 4.98. The minimum Gasteiger partial charge on any atom is -0.392 e. The van der Waals surface area contributed by atoms with E-state index >= 15 is 0 Å². The van der Waals surface area contributed by atoms with Crippen molar-refractivity contribution >= 4 is 21.8 Å². The number of carbonyl (C=O) groups is 1. The highest BCUT2D eigenvalue weighted by atomic mass is 79.9. The SMILES string of the molecule is CCn1cc(Br)cc1C(=O)NCc1cccc(CO)c1. The molecule has 1 heterocycles. The average Bonchev–Trinajstić information content (AvgIpc) is 2.86. The molecule has 5 heteroatoms. The van der Waals surface area contributed by atoms with Crippen molar-refractivity contribution in [2.75, 3.05) is 0 Å². The van der Waals surface area contributed by atoms with Crippen molar-refractivity contribution in [2.24, 2.45) is 0 Å². The van der Waals surface area contributed by atoms with Crippen LogP contribution in [-0.4, -0.2) is 15.6 Å². The number of benzene rings is 1. The second-order valence-corrected chi connectivity index (χ2v) is 5.41. The van der Waals surface area contributed by atoms with Crippen LogP contribution in [0.5, 0.6) is 0 Å². The second kappa shape index (κ2) is 6.72. The van der Waals surface area contributed by atoms with Gasteiger partial charge in [-0.05, 0) is 40.0 Å². The van der Waals surface area contributed by atoms with E-state index in [9.17, 15) is 4.79 Å². The predicted molar refractivity (Wildman–Crippen MR) is 81.3 cm³/mol. The molecule has 1 aromatic heterocycles. The zero-order valence-electron chi connectivity index (χ0n) is 11.3. The number of aliphatic hydroxyl groups is 1. The van der Waals surface area contributed by atoms with Gasteiger partial charge in [-0.25, -0.2) is 0 Å². The summed E-state index contributed by atoms with van der Waals surface area (Å²) in [7, 11) is 0. The van der Waals surface area contributed by atoms with Gasteiger partial charge >= 0.3 is 0 Å². The van der Waals surface area contributed by atoms with Crippen molar-refractivity contribution in [3.05, 3.63) is 57.8 Å². The highest BCUT2D eigenvalue weighted by molar-refractivity contribution is 9.10. The lowest BCUT2D eigenvalue weighted by Crippen LogP contribution is -2.25. The van der Waals surface area contributed by atoms with E-state index < -0.39 is 0 Å². The number of halogens is 1. The molecule has 0 atom stereocenters. The minimum absolute atomic E-state index is 0.00736. The molecule has 0 saturated carbocycles. The quantitative estimate of drug-likeness (QED) is 0.881. The number of carbonyl (C=O) groups excluding carboxylic acids is 1. The monoisotopic (exact) mass is 336 g/mol. The topological polar surface area (TPSA) is 54.3 Å². The van der Waals surface area contributed by atoms with Crippen LogP contribution in [0.25, 0.3) is 0 Å². The summed E-state index contributed by atoms with van der Waals surface area (Å²) in [5.74, 6) is -0.105. The lowest BCUT2D eigenvalue weighted by atomic mass is 10.1. The van der Waals surface area contributed by atoms with Gasteiger partial charge in [0.2, 0.25) is 0 Å². The molecule has 0 saturated heterocycles. The van der Waals surface area contributed by atoms with Crippen molar-refractivity contribution in [3.63, 3.8) is 0 Å². The molecule has 106 valence electrons. The van der Waals surface area contributed by atoms with Crippen LogP contribution < -0.4 is 5.32 Å². The second-order valence-electron chi connectivity index (χ2n) is 4.49. The first-order valence-electron chi connectivity index (χ1n) is 6.46. The molecule has 1 aromatic carbocycles. The van der Waals surface area contributed by atoms with Crippen molar-refractivity contribution in [1.82, 2.24) is 9.88 Å². The van der Waals surface area contributed by atoms with E-state index in [1.54, 1.807) is 0 Å². The average molecular weight is 337 g/mol. The van der Waals surface area contributed by atoms with Gasteiger partial charge in [-0.1, -0.05) is 24.3 Å². The molecule has 0 spiro atoms. The number of aryl methyl sites for hydroxylation is 1. The molecule has 0 fully saturated rings. The van der Waals surface area contributed by atoms with E-state index in [1.165, 1.54) is 0 Å². The fourth-order valence-electron chi connectivity index (χ4n) is 2.04. The molecule has 2 rings (SSSR count). The van der Waals surface area contributed by atoms with Crippen LogP contribution in [0, 0.1) is 0 Å². The Balaban J connectivity index is 2.04. The zero-order chi connectivity index (χ0) is 14.5. The van der Waals surface area contributed by atoms with Gasteiger partial charge in [0.15, 0.2) is 0 Å². The number of nitrogens with zero attached hydrogens (tertiary/aromatic N) is 1. The highest BCUT2D eigenvalue weighted by Crippen LogP contribution is 2.15. The summed E-state index contributed by atoms with van der Waals surface area (Å²) in [6.07, 6.45) is 1.89. The summed E-state index contributed by atoms with van der Waals surface area (Å²) in [6.45, 7) is 3.19. The molecule has 0 aliphatic rings. The lowest BCUT2D eigenvalue weighted by molar-refractivity contribution is 0.0941. The van der Waals surface area contributed by atoms with Crippen LogP contribution in [-0.2, 0) is 19.7 Å². The first-order valence-corrected chi connectivity index (χ1v) is 7.26. The van der Waals surface area contributed by atoms with Gasteiger partial charge in [0, 0.05) is 23.8 Å². The van der Waals surface area contributed by atoms with Gasteiger partial charge in [-0.15, -0.1) is 0 Å². The Morgan fingerprint density at radius 2 is 2.10 bits per heavy atom. The first kappa shape index (κ1) is 14.8. The number of hydrogen-bond acceptors (Lipinski definition) is 2. The highest BCUT2D eigenvalue weighted by Gasteiger charge is 2.11. The molecule has 0 aliphatic heterocycles. The lowest BCUT2D eigenvalue weighted by Gasteiger charge is -2.08. The molecular formula is C15H17BrN2O2. The van der Waals surface area contributed by atoms with Crippen LogP contribution in [0.2, 0.25) is 0 Å². The molecule has 0 aliphatic carbocycles. The van der Waals surface area contributed by atoms with E-state index in [0.717, 1.165) is 22.1 Å². The van der Waals surface area contributed by atoms with E-state index in [-0.39, 0.29) is 12.5 Å². The van der Waals surface area contributed by atoms with E-state index in [4.69, 9.17) is 5.11 Å². The van der Waals surface area contributed by atoms with Gasteiger partial charge in [0.25, 0.3) is 5.91 Å². The van der Waals surface area contributed by atoms with Crippen LogP contribution in [0.15, 0.2) is 41.0 Å². The molecule has 0 bridgehead atoms. The summed E-state index contributed by atoms with van der Waals surface area (Å²) in [4.78, 5) is 12.2. The summed E-state index contributed by atoms with van der Waals surface area (Å²) in [6, 6.07) is 9.34. The Bertz CT molecular complexity index is 608. The molecule has 4 nitrogen and oxygen atoms in total. The number of aliphatic hydroxyl groups excluding tert-OH is 1. The number of nitrogens with one attached hydrogen (secondary N) is 1. The van der Waals surface area contributed by atoms with Crippen LogP contribution in [0.4, 0.5) is 0 Å². The van der Waals surface area contributed by atoms with Gasteiger partial charge in [-0.2, -0.15) is 0 Å². The Morgan fingerprint density at radius 3 is 2.80 bits per heavy atom. The van der Waals surface area contributed by atoms with Gasteiger partial charge in [0.1, 0.15) is 5.69 Å². The summed E-state index contributed by atoms with van der Waals surface area (Å²) < 4.78 is 2.79. The van der Waals surface area contributed by atoms with Crippen molar-refractivity contribution in [3.8, 4) is 0 Å². The summed E-state index contributed by atoms with van der Waals surface area (Å²) in [5.41, 5.74) is 2.45. The van der Waals surface area contributed by atoms with Gasteiger partial charge < -0.3 is 15.0 Å². The maximum atomic E-state index is 12.2. The van der Waals surface area contributed by atoms with Crippen LogP contribution in [0.1, 0.15) is 28.5 Å². The smallest absolute Gasteiger partial charge is 0.268 e. The third-order valence-electron chi connectivity index (χ3n) is 3.06. The first-order chi connectivity index (χ1) is 9.63. The number of aromatic nitrogens is 1. The Morgan fingerprint density at radius 1 is 1.35 bits per heavy atom. The minimum atomic E-state index is -0.105. The number of amides is 1. The summed E-state index contributed by atoms with van der Waals surface area (Å²) >= 11 is 3.38. The van der Waals surface area contributed by atoms with Crippen molar-refractivity contribution in [1.29, 1.82) is 0 Å². The molecule has 0 unspecified atom stereocenters. The van der Waals surface area contributed by atoms with Crippen molar-refractivity contribution < 1.29 is 9.90 Å². The normalized spacial score (nSPS) is 10.6.